The van der Waals surface area contributed by atoms with Gasteiger partial charge in [0.15, 0.2) is 0 Å². The molecule has 0 saturated carbocycles. The molecule has 0 radical (unpaired) electrons. The molecular weight excluding hydrogens is 263 g/mol. The molecular formula is C11H12Cl2N2O2. The molecule has 0 bridgehead atoms. The number of hydrogen-bond donors (Lipinski definition) is 1. The molecule has 6 heteroatoms. The number of aromatic nitrogens is 1. The number of carbonyl (C=O) groups excluding carboxylic acids is 1. The number of esters is 1. The molecule has 0 amide bonds. The first-order valence-electron chi connectivity index (χ1n) is 4.80. The second-order valence-electron chi connectivity index (χ2n) is 3.25. The van der Waals surface area contributed by atoms with Gasteiger partial charge in [-0.05, 0) is 19.1 Å². The first-order chi connectivity index (χ1) is 7.99. The van der Waals surface area contributed by atoms with E-state index in [-0.39, 0.29) is 10.9 Å². The van der Waals surface area contributed by atoms with Gasteiger partial charge < -0.3 is 10.1 Å². The molecule has 0 spiro atoms. The monoisotopic (exact) mass is 274 g/mol. The first kappa shape index (κ1) is 13.8. The molecule has 0 atom stereocenters. The highest BCUT2D eigenvalue weighted by Crippen LogP contribution is 2.25. The summed E-state index contributed by atoms with van der Waals surface area (Å²) < 4.78 is 4.60. The van der Waals surface area contributed by atoms with Gasteiger partial charge in [0.2, 0.25) is 0 Å². The highest BCUT2D eigenvalue weighted by atomic mass is 35.5. The molecule has 1 aromatic heterocycles. The van der Waals surface area contributed by atoms with Crippen molar-refractivity contribution in [1.29, 1.82) is 0 Å². The third-order valence-electron chi connectivity index (χ3n) is 2.05. The van der Waals surface area contributed by atoms with Crippen LogP contribution in [0.1, 0.15) is 11.3 Å². The van der Waals surface area contributed by atoms with Crippen LogP contribution in [-0.2, 0) is 9.53 Å². The van der Waals surface area contributed by atoms with E-state index in [0.29, 0.717) is 16.3 Å². The van der Waals surface area contributed by atoms with Crippen molar-refractivity contribution in [3.8, 4) is 0 Å². The van der Waals surface area contributed by atoms with E-state index in [0.717, 1.165) is 0 Å². The minimum atomic E-state index is -0.500. The average Bonchev–Trinajstić information content (AvgIpc) is 2.27. The molecule has 0 aliphatic heterocycles. The zero-order valence-corrected chi connectivity index (χ0v) is 11.2. The van der Waals surface area contributed by atoms with Crippen LogP contribution in [0.5, 0.6) is 0 Å². The molecule has 4 nitrogen and oxygen atoms in total. The molecule has 0 fully saturated rings. The van der Waals surface area contributed by atoms with E-state index in [1.165, 1.54) is 13.2 Å². The van der Waals surface area contributed by atoms with E-state index in [9.17, 15) is 4.79 Å². The van der Waals surface area contributed by atoms with Gasteiger partial charge in [0.05, 0.1) is 12.1 Å². The number of likely N-dealkylation sites (N-methyl/N-ethyl adjacent to an activating group) is 1. The van der Waals surface area contributed by atoms with E-state index in [2.05, 4.69) is 15.0 Å². The molecule has 1 N–H and O–H groups in total. The maximum Gasteiger partial charge on any atom is 0.354 e. The van der Waals surface area contributed by atoms with Crippen LogP contribution in [0, 0.1) is 6.92 Å². The predicted molar refractivity (Wildman–Crippen MR) is 68.0 cm³/mol. The van der Waals surface area contributed by atoms with Crippen LogP contribution in [0.2, 0.25) is 10.2 Å². The number of ether oxygens (including phenoxy) is 1. The zero-order valence-electron chi connectivity index (χ0n) is 9.67. The summed E-state index contributed by atoms with van der Waals surface area (Å²) in [5.74, 6) is -0.500. The predicted octanol–water partition coefficient (Wildman–Crippen LogP) is 2.43. The van der Waals surface area contributed by atoms with Gasteiger partial charge in [-0.25, -0.2) is 9.78 Å². The Balaban J connectivity index is 3.25. The normalized spacial score (nSPS) is 11.2. The van der Waals surface area contributed by atoms with E-state index >= 15 is 0 Å². The summed E-state index contributed by atoms with van der Waals surface area (Å²) in [5, 5.41) is 3.38. The molecule has 0 aliphatic rings. The summed E-state index contributed by atoms with van der Waals surface area (Å²) >= 11 is 12.0. The van der Waals surface area contributed by atoms with Crippen molar-refractivity contribution in [2.24, 2.45) is 0 Å². The van der Waals surface area contributed by atoms with Crippen molar-refractivity contribution in [1.82, 2.24) is 10.3 Å². The number of methoxy groups -OCH3 is 1. The molecule has 1 aromatic rings. The fourth-order valence-corrected chi connectivity index (χ4v) is 1.86. The van der Waals surface area contributed by atoms with E-state index < -0.39 is 5.97 Å². The van der Waals surface area contributed by atoms with Crippen LogP contribution in [0.15, 0.2) is 11.8 Å². The van der Waals surface area contributed by atoms with Gasteiger partial charge in [-0.1, -0.05) is 23.2 Å². The van der Waals surface area contributed by atoms with Crippen LogP contribution >= 0.6 is 23.2 Å². The number of halogens is 2. The van der Waals surface area contributed by atoms with Gasteiger partial charge in [-0.2, -0.15) is 0 Å². The Bertz CT molecular complexity index is 450. The second kappa shape index (κ2) is 5.89. The number of carbonyl (C=O) groups is 1. The summed E-state index contributed by atoms with van der Waals surface area (Å²) in [6.07, 6.45) is 1.50. The molecule has 0 unspecified atom stereocenters. The number of nitrogens with zero attached hydrogens (tertiary/aromatic N) is 1. The summed E-state index contributed by atoms with van der Waals surface area (Å²) in [5.41, 5.74) is 1.44. The van der Waals surface area contributed by atoms with Crippen LogP contribution in [0.4, 0.5) is 0 Å². The van der Waals surface area contributed by atoms with Crippen LogP contribution < -0.4 is 5.32 Å². The van der Waals surface area contributed by atoms with Crippen molar-refractivity contribution >= 4 is 35.2 Å². The largest absolute Gasteiger partial charge is 0.464 e. The van der Waals surface area contributed by atoms with Gasteiger partial charge in [-0.3, -0.25) is 0 Å². The highest BCUT2D eigenvalue weighted by Gasteiger charge is 2.12. The molecule has 0 aromatic carbocycles. The summed E-state index contributed by atoms with van der Waals surface area (Å²) in [6.45, 7) is 1.78. The van der Waals surface area contributed by atoms with E-state index in [1.54, 1.807) is 20.0 Å². The van der Waals surface area contributed by atoms with Crippen molar-refractivity contribution in [2.45, 2.75) is 6.92 Å². The number of hydrogen-bond acceptors (Lipinski definition) is 4. The lowest BCUT2D eigenvalue weighted by Gasteiger charge is -2.07. The summed E-state index contributed by atoms with van der Waals surface area (Å²) in [6, 6.07) is 1.67. The fourth-order valence-electron chi connectivity index (χ4n) is 1.22. The van der Waals surface area contributed by atoms with Crippen LogP contribution in [0.3, 0.4) is 0 Å². The third-order valence-corrected chi connectivity index (χ3v) is 2.65. The lowest BCUT2D eigenvalue weighted by Crippen LogP contribution is -2.17. The molecule has 92 valence electrons. The topological polar surface area (TPSA) is 51.2 Å². The second-order valence-corrected chi connectivity index (χ2v) is 4.01. The Kier molecular flexibility index (Phi) is 4.78. The molecule has 1 heterocycles. The first-order valence-corrected chi connectivity index (χ1v) is 5.55. The Morgan fingerprint density at radius 1 is 1.53 bits per heavy atom. The Morgan fingerprint density at radius 3 is 2.65 bits per heavy atom. The van der Waals surface area contributed by atoms with Gasteiger partial charge in [0.1, 0.15) is 10.9 Å². The minimum Gasteiger partial charge on any atom is -0.464 e. The lowest BCUT2D eigenvalue weighted by atomic mass is 10.2. The average molecular weight is 275 g/mol. The van der Waals surface area contributed by atoms with Gasteiger partial charge >= 0.3 is 5.97 Å². The lowest BCUT2D eigenvalue weighted by molar-refractivity contribution is -0.136. The maximum absolute atomic E-state index is 11.4. The Morgan fingerprint density at radius 2 is 2.18 bits per heavy atom. The quantitative estimate of drug-likeness (QED) is 0.523. The van der Waals surface area contributed by atoms with E-state index in [1.807, 2.05) is 0 Å². The zero-order chi connectivity index (χ0) is 13.0. The Hall–Kier alpha value is -1.26. The number of aryl methyl sites for hydroxylation is 1. The summed E-state index contributed by atoms with van der Waals surface area (Å²) in [4.78, 5) is 15.4. The Labute approximate surface area is 110 Å². The molecule has 1 rings (SSSR count). The van der Waals surface area contributed by atoms with E-state index in [4.69, 9.17) is 23.2 Å². The third kappa shape index (κ3) is 3.35. The van der Waals surface area contributed by atoms with Crippen molar-refractivity contribution in [3.63, 3.8) is 0 Å². The summed E-state index contributed by atoms with van der Waals surface area (Å²) in [7, 11) is 2.90. The number of pyridine rings is 1. The van der Waals surface area contributed by atoms with Gasteiger partial charge in [0.25, 0.3) is 0 Å². The van der Waals surface area contributed by atoms with Gasteiger partial charge in [0, 0.05) is 18.3 Å². The fraction of sp³-hybridized carbons (Fsp3) is 0.273. The minimum absolute atomic E-state index is 0.242. The maximum atomic E-state index is 11.4. The molecule has 0 aliphatic carbocycles. The van der Waals surface area contributed by atoms with Gasteiger partial charge in [-0.15, -0.1) is 0 Å². The number of rotatable bonds is 3. The standard InChI is InChI=1S/C11H12Cl2N2O2/c1-6-4-8(12)7(10(13)15-6)5-9(14-2)11(16)17-3/h4-5,14H,1-3H3/b9-5+. The molecule has 17 heavy (non-hydrogen) atoms. The smallest absolute Gasteiger partial charge is 0.354 e. The highest BCUT2D eigenvalue weighted by molar-refractivity contribution is 6.36. The van der Waals surface area contributed by atoms with Crippen molar-refractivity contribution in [2.75, 3.05) is 14.2 Å². The van der Waals surface area contributed by atoms with Crippen LogP contribution in [-0.4, -0.2) is 25.1 Å². The van der Waals surface area contributed by atoms with Crippen molar-refractivity contribution < 1.29 is 9.53 Å². The molecule has 0 saturated heterocycles. The number of nitrogens with one attached hydrogen (secondary N) is 1. The van der Waals surface area contributed by atoms with Crippen molar-refractivity contribution in [3.05, 3.63) is 33.2 Å². The SMILES string of the molecule is CN/C(=C/c1c(Cl)cc(C)nc1Cl)C(=O)OC. The van der Waals surface area contributed by atoms with Crippen LogP contribution in [0.25, 0.3) is 6.08 Å².